The molecular weight excluding hydrogens is 453 g/mol. The van der Waals surface area contributed by atoms with E-state index in [-0.39, 0.29) is 27.9 Å². The van der Waals surface area contributed by atoms with Crippen LogP contribution < -0.4 is 4.74 Å². The Morgan fingerprint density at radius 3 is 2.68 bits per heavy atom. The smallest absolute Gasteiger partial charge is 0.178 e. The van der Waals surface area contributed by atoms with Crippen LogP contribution in [0.25, 0.3) is 11.1 Å². The molecule has 1 aliphatic carbocycles. The van der Waals surface area contributed by atoms with E-state index >= 15 is 4.39 Å². The normalized spacial score (nSPS) is 22.7. The Kier molecular flexibility index (Phi) is 5.36. The number of allylic oxidation sites excluding steroid dienone is 2. The second-order valence-electron chi connectivity index (χ2n) is 8.39. The highest BCUT2D eigenvalue weighted by molar-refractivity contribution is 7.91. The van der Waals surface area contributed by atoms with Crippen LogP contribution in [0.5, 0.6) is 5.75 Å². The van der Waals surface area contributed by atoms with Gasteiger partial charge in [0.15, 0.2) is 15.4 Å². The highest BCUT2D eigenvalue weighted by Crippen LogP contribution is 2.42. The maximum absolute atomic E-state index is 15.0. The van der Waals surface area contributed by atoms with Gasteiger partial charge in [-0.05, 0) is 54.8 Å². The molecule has 0 aromatic heterocycles. The molecule has 0 saturated carbocycles. The van der Waals surface area contributed by atoms with Crippen molar-refractivity contribution in [3.8, 4) is 16.9 Å². The van der Waals surface area contributed by atoms with Gasteiger partial charge in [-0.3, -0.25) is 0 Å². The van der Waals surface area contributed by atoms with Crippen molar-refractivity contribution >= 4 is 27.6 Å². The monoisotopic (exact) mass is 477 g/mol. The van der Waals surface area contributed by atoms with Crippen molar-refractivity contribution in [3.05, 3.63) is 71.7 Å². The van der Waals surface area contributed by atoms with E-state index in [4.69, 9.17) is 9.73 Å². The number of rotatable bonds is 6. The van der Waals surface area contributed by atoms with Crippen LogP contribution in [0, 0.1) is 11.7 Å². The Balaban J connectivity index is 1.61. The molecule has 0 amide bonds. The molecule has 0 radical (unpaired) electrons. The van der Waals surface area contributed by atoms with Gasteiger partial charge in [0, 0.05) is 16.7 Å². The zero-order chi connectivity index (χ0) is 24.1. The van der Waals surface area contributed by atoms with Gasteiger partial charge >= 0.3 is 0 Å². The number of nitrogens with zero attached hydrogens (tertiary/aromatic N) is 3. The number of aliphatic imine (C=N–C) groups is 3. The molecule has 2 aromatic rings. The third kappa shape index (κ3) is 3.36. The van der Waals surface area contributed by atoms with Crippen molar-refractivity contribution < 1.29 is 17.5 Å². The first kappa shape index (κ1) is 22.4. The molecule has 0 saturated heterocycles. The van der Waals surface area contributed by atoms with Gasteiger partial charge < -0.3 is 4.74 Å². The van der Waals surface area contributed by atoms with E-state index in [0.717, 1.165) is 17.8 Å². The lowest BCUT2D eigenvalue weighted by Crippen LogP contribution is -2.35. The number of sulfone groups is 1. The van der Waals surface area contributed by atoms with Crippen LogP contribution in [0.2, 0.25) is 0 Å². The zero-order valence-corrected chi connectivity index (χ0v) is 19.9. The molecule has 3 aliphatic rings. The van der Waals surface area contributed by atoms with Crippen LogP contribution in [0.3, 0.4) is 0 Å². The summed E-state index contributed by atoms with van der Waals surface area (Å²) < 4.78 is 45.1. The van der Waals surface area contributed by atoms with Gasteiger partial charge in [-0.1, -0.05) is 26.0 Å². The van der Waals surface area contributed by atoms with E-state index in [1.807, 2.05) is 0 Å². The SMILES string of the molecule is CCC1C=CC23N=CN=C2C(c2ccc(F)c(-c4ccc(S(=O)(=O)CC)cc4OC)c2)=NC3=C1. The highest BCUT2D eigenvalue weighted by Gasteiger charge is 2.48. The minimum Gasteiger partial charge on any atom is -0.496 e. The topological polar surface area (TPSA) is 80.5 Å². The number of ether oxygens (including phenoxy) is 1. The summed E-state index contributed by atoms with van der Waals surface area (Å²) in [5.74, 6) is 0.0799. The van der Waals surface area contributed by atoms with E-state index in [1.165, 1.54) is 25.3 Å². The zero-order valence-electron chi connectivity index (χ0n) is 19.1. The quantitative estimate of drug-likeness (QED) is 0.561. The van der Waals surface area contributed by atoms with Crippen molar-refractivity contribution in [2.45, 2.75) is 30.7 Å². The molecule has 5 rings (SSSR count). The maximum Gasteiger partial charge on any atom is 0.178 e. The van der Waals surface area contributed by atoms with Gasteiger partial charge in [0.1, 0.15) is 23.6 Å². The third-order valence-corrected chi connectivity index (χ3v) is 8.26. The highest BCUT2D eigenvalue weighted by atomic mass is 32.2. The van der Waals surface area contributed by atoms with Crippen molar-refractivity contribution in [1.82, 2.24) is 0 Å². The second-order valence-corrected chi connectivity index (χ2v) is 10.7. The fourth-order valence-electron chi connectivity index (χ4n) is 4.51. The van der Waals surface area contributed by atoms with Gasteiger partial charge in [-0.2, -0.15) is 0 Å². The first-order chi connectivity index (χ1) is 16.3. The Hall–Kier alpha value is -3.39. The summed E-state index contributed by atoms with van der Waals surface area (Å²) in [5.41, 5.74) is 2.94. The number of hydrogen-bond donors (Lipinski definition) is 0. The summed E-state index contributed by atoms with van der Waals surface area (Å²) in [6.07, 6.45) is 8.81. The molecule has 34 heavy (non-hydrogen) atoms. The number of benzene rings is 2. The van der Waals surface area contributed by atoms with Crippen LogP contribution in [0.1, 0.15) is 25.8 Å². The molecule has 2 aliphatic heterocycles. The van der Waals surface area contributed by atoms with Crippen molar-refractivity contribution in [2.24, 2.45) is 20.9 Å². The first-order valence-corrected chi connectivity index (χ1v) is 12.8. The largest absolute Gasteiger partial charge is 0.496 e. The summed E-state index contributed by atoms with van der Waals surface area (Å²) in [6, 6.07) is 9.25. The van der Waals surface area contributed by atoms with E-state index < -0.39 is 21.2 Å². The molecular formula is C26H24FN3O3S. The fourth-order valence-corrected chi connectivity index (χ4v) is 5.40. The molecule has 2 atom stereocenters. The molecule has 8 heteroatoms. The lowest BCUT2D eigenvalue weighted by molar-refractivity contribution is 0.415. The van der Waals surface area contributed by atoms with E-state index in [9.17, 15) is 8.42 Å². The van der Waals surface area contributed by atoms with E-state index in [0.29, 0.717) is 16.8 Å². The van der Waals surface area contributed by atoms with Gasteiger partial charge in [0.2, 0.25) is 0 Å². The van der Waals surface area contributed by atoms with Crippen molar-refractivity contribution in [3.63, 3.8) is 0 Å². The standard InChI is InChI=1S/C26H24FN3O3S/c1-4-16-10-11-26-23(12-16)30-24(25(26)28-15-29-26)17-6-9-21(27)20(13-17)19-8-7-18(14-22(19)33-3)34(31,32)5-2/h6-16H,4-5H2,1-3H3. The van der Waals surface area contributed by atoms with Crippen LogP contribution >= 0.6 is 0 Å². The predicted octanol–water partition coefficient (Wildman–Crippen LogP) is 4.80. The lowest BCUT2D eigenvalue weighted by atomic mass is 9.82. The molecule has 0 N–H and O–H groups in total. The Morgan fingerprint density at radius 1 is 1.12 bits per heavy atom. The Morgan fingerprint density at radius 2 is 1.94 bits per heavy atom. The number of hydrogen-bond acceptors (Lipinski definition) is 6. The molecule has 2 heterocycles. The van der Waals surface area contributed by atoms with Crippen LogP contribution in [-0.2, 0) is 9.84 Å². The van der Waals surface area contributed by atoms with E-state index in [2.05, 4.69) is 35.1 Å². The Bertz CT molecular complexity index is 1450. The van der Waals surface area contributed by atoms with Gasteiger partial charge in [-0.25, -0.2) is 27.8 Å². The van der Waals surface area contributed by atoms with Crippen LogP contribution in [-0.4, -0.2) is 44.6 Å². The summed E-state index contributed by atoms with van der Waals surface area (Å²) in [5, 5.41) is 0. The average molecular weight is 478 g/mol. The van der Waals surface area contributed by atoms with Crippen molar-refractivity contribution in [2.75, 3.05) is 12.9 Å². The van der Waals surface area contributed by atoms with Crippen molar-refractivity contribution in [1.29, 1.82) is 0 Å². The minimum absolute atomic E-state index is 0.0334. The molecule has 0 fully saturated rings. The molecule has 0 bridgehead atoms. The predicted molar refractivity (Wildman–Crippen MR) is 132 cm³/mol. The minimum atomic E-state index is -3.43. The molecule has 2 unspecified atom stereocenters. The summed E-state index contributed by atoms with van der Waals surface area (Å²) in [4.78, 5) is 14.1. The average Bonchev–Trinajstić information content (AvgIpc) is 3.40. The lowest BCUT2D eigenvalue weighted by Gasteiger charge is -2.24. The Labute approximate surface area is 198 Å². The summed E-state index contributed by atoms with van der Waals surface area (Å²) in [7, 11) is -1.99. The van der Waals surface area contributed by atoms with Gasteiger partial charge in [-0.15, -0.1) is 0 Å². The van der Waals surface area contributed by atoms with Gasteiger partial charge in [0.05, 0.1) is 29.2 Å². The fraction of sp³-hybridized carbons (Fsp3) is 0.269. The summed E-state index contributed by atoms with van der Waals surface area (Å²) in [6.45, 7) is 3.70. The maximum atomic E-state index is 15.0. The van der Waals surface area contributed by atoms with Crippen LogP contribution in [0.15, 0.2) is 80.2 Å². The number of methoxy groups -OCH3 is 1. The molecule has 2 aromatic carbocycles. The van der Waals surface area contributed by atoms with Gasteiger partial charge in [0.25, 0.3) is 0 Å². The molecule has 1 spiro atoms. The first-order valence-electron chi connectivity index (χ1n) is 11.2. The van der Waals surface area contributed by atoms with Crippen LogP contribution in [0.4, 0.5) is 4.39 Å². The third-order valence-electron chi connectivity index (χ3n) is 6.53. The molecule has 174 valence electrons. The summed E-state index contributed by atoms with van der Waals surface area (Å²) >= 11 is 0. The van der Waals surface area contributed by atoms with E-state index in [1.54, 1.807) is 31.5 Å². The number of halogens is 1. The second kappa shape index (κ2) is 8.13. The molecule has 6 nitrogen and oxygen atoms in total.